The number of phenols is 1. The second-order valence-corrected chi connectivity index (χ2v) is 4.04. The number of allylic oxidation sites excluding steroid dienone is 1. The van der Waals surface area contributed by atoms with Gasteiger partial charge in [0.15, 0.2) is 0 Å². The molecule has 2 rings (SSSR count). The third-order valence-corrected chi connectivity index (χ3v) is 2.76. The molecule has 0 saturated heterocycles. The zero-order chi connectivity index (χ0) is 13.0. The van der Waals surface area contributed by atoms with Gasteiger partial charge in [0.05, 0.1) is 0 Å². The predicted octanol–water partition coefficient (Wildman–Crippen LogP) is 2.17. The van der Waals surface area contributed by atoms with Crippen LogP contribution in [0.1, 0.15) is 18.1 Å². The van der Waals surface area contributed by atoms with Crippen molar-refractivity contribution in [1.82, 2.24) is 0 Å². The molecule has 0 radical (unpaired) electrons. The second kappa shape index (κ2) is 5.82. The Bertz CT molecular complexity index is 465. The molecule has 0 bridgehead atoms. The molecule has 0 saturated carbocycles. The molecule has 96 valence electrons. The van der Waals surface area contributed by atoms with Crippen molar-refractivity contribution in [2.45, 2.75) is 25.7 Å². The SMILES string of the molecule is C/C=C/[C@H](O)[C@@H]1C=Cc2cccc(O)c2COO1. The maximum Gasteiger partial charge on any atom is 0.141 e. The summed E-state index contributed by atoms with van der Waals surface area (Å²) in [5, 5.41) is 19.5. The molecule has 4 heteroatoms. The number of aliphatic hydroxyl groups excluding tert-OH is 1. The molecule has 2 atom stereocenters. The lowest BCUT2D eigenvalue weighted by molar-refractivity contribution is -0.332. The highest BCUT2D eigenvalue weighted by Gasteiger charge is 2.18. The van der Waals surface area contributed by atoms with Crippen LogP contribution in [0.15, 0.2) is 36.4 Å². The van der Waals surface area contributed by atoms with Crippen molar-refractivity contribution in [3.8, 4) is 5.75 Å². The van der Waals surface area contributed by atoms with Crippen LogP contribution in [-0.2, 0) is 16.4 Å². The van der Waals surface area contributed by atoms with E-state index in [-0.39, 0.29) is 12.4 Å². The number of hydrogen-bond acceptors (Lipinski definition) is 4. The summed E-state index contributed by atoms with van der Waals surface area (Å²) in [7, 11) is 0. The molecular weight excluding hydrogens is 232 g/mol. The fourth-order valence-electron chi connectivity index (χ4n) is 1.78. The Morgan fingerprint density at radius 1 is 1.44 bits per heavy atom. The van der Waals surface area contributed by atoms with E-state index in [1.807, 2.05) is 19.1 Å². The third-order valence-electron chi connectivity index (χ3n) is 2.76. The molecule has 0 aliphatic carbocycles. The number of rotatable bonds is 2. The van der Waals surface area contributed by atoms with Crippen molar-refractivity contribution in [2.24, 2.45) is 0 Å². The highest BCUT2D eigenvalue weighted by molar-refractivity contribution is 5.58. The molecule has 0 spiro atoms. The van der Waals surface area contributed by atoms with Crippen molar-refractivity contribution in [3.63, 3.8) is 0 Å². The van der Waals surface area contributed by atoms with Crippen LogP contribution in [0.5, 0.6) is 5.75 Å². The minimum absolute atomic E-state index is 0.144. The lowest BCUT2D eigenvalue weighted by Gasteiger charge is -2.19. The first kappa shape index (κ1) is 12.8. The molecule has 1 heterocycles. The topological polar surface area (TPSA) is 58.9 Å². The minimum Gasteiger partial charge on any atom is -0.508 e. The quantitative estimate of drug-likeness (QED) is 0.622. The van der Waals surface area contributed by atoms with Gasteiger partial charge in [0, 0.05) is 5.56 Å². The van der Waals surface area contributed by atoms with Crippen LogP contribution in [0.25, 0.3) is 6.08 Å². The van der Waals surface area contributed by atoms with Crippen molar-refractivity contribution < 1.29 is 20.0 Å². The van der Waals surface area contributed by atoms with E-state index < -0.39 is 12.2 Å². The van der Waals surface area contributed by atoms with Gasteiger partial charge >= 0.3 is 0 Å². The van der Waals surface area contributed by atoms with Crippen LogP contribution in [0.3, 0.4) is 0 Å². The molecule has 18 heavy (non-hydrogen) atoms. The molecule has 4 nitrogen and oxygen atoms in total. The van der Waals surface area contributed by atoms with Crippen molar-refractivity contribution in [3.05, 3.63) is 47.6 Å². The van der Waals surface area contributed by atoms with Crippen LogP contribution >= 0.6 is 0 Å². The number of benzene rings is 1. The third kappa shape index (κ3) is 2.79. The van der Waals surface area contributed by atoms with Crippen molar-refractivity contribution in [2.75, 3.05) is 0 Å². The summed E-state index contributed by atoms with van der Waals surface area (Å²) in [6.07, 6.45) is 5.59. The standard InChI is InChI=1S/C14H16O4/c1-2-4-13(16)14-8-7-10-5-3-6-12(15)11(10)9-17-18-14/h2-8,13-16H,9H2,1H3/b4-2+,8-7?/t13-,14-/m0/s1. The fourth-order valence-corrected chi connectivity index (χ4v) is 1.78. The van der Waals surface area contributed by atoms with Crippen LogP contribution in [0.2, 0.25) is 0 Å². The van der Waals surface area contributed by atoms with Crippen LogP contribution in [0, 0.1) is 0 Å². The van der Waals surface area contributed by atoms with E-state index in [4.69, 9.17) is 9.78 Å². The Morgan fingerprint density at radius 2 is 2.28 bits per heavy atom. The van der Waals surface area contributed by atoms with E-state index in [2.05, 4.69) is 0 Å². The highest BCUT2D eigenvalue weighted by Crippen LogP contribution is 2.25. The van der Waals surface area contributed by atoms with Gasteiger partial charge in [0.2, 0.25) is 0 Å². The van der Waals surface area contributed by atoms with Gasteiger partial charge in [-0.3, -0.25) is 0 Å². The number of aliphatic hydroxyl groups is 1. The number of hydrogen-bond donors (Lipinski definition) is 2. The van der Waals surface area contributed by atoms with Crippen molar-refractivity contribution >= 4 is 6.08 Å². The molecule has 2 N–H and O–H groups in total. The van der Waals surface area contributed by atoms with E-state index in [0.29, 0.717) is 5.56 Å². The average Bonchev–Trinajstić information content (AvgIpc) is 2.31. The number of phenolic OH excluding ortho intramolecular Hbond substituents is 1. The largest absolute Gasteiger partial charge is 0.508 e. The maximum absolute atomic E-state index is 9.80. The van der Waals surface area contributed by atoms with E-state index in [0.717, 1.165) is 5.56 Å². The van der Waals surface area contributed by atoms with E-state index in [9.17, 15) is 10.2 Å². The Labute approximate surface area is 106 Å². The summed E-state index contributed by atoms with van der Waals surface area (Å²) < 4.78 is 0. The molecule has 1 aliphatic heterocycles. The minimum atomic E-state index is -0.759. The molecule has 0 aromatic heterocycles. The van der Waals surface area contributed by atoms with Gasteiger partial charge < -0.3 is 10.2 Å². The normalized spacial score (nSPS) is 21.3. The number of fused-ring (bicyclic) bond motifs is 1. The zero-order valence-electron chi connectivity index (χ0n) is 10.1. The smallest absolute Gasteiger partial charge is 0.141 e. The first-order valence-corrected chi connectivity index (χ1v) is 5.80. The molecule has 0 fully saturated rings. The lowest BCUT2D eigenvalue weighted by atomic mass is 10.0. The Hall–Kier alpha value is -1.62. The van der Waals surface area contributed by atoms with Crippen LogP contribution < -0.4 is 0 Å². The van der Waals surface area contributed by atoms with Gasteiger partial charge in [-0.2, -0.15) is 0 Å². The van der Waals surface area contributed by atoms with E-state index in [1.165, 1.54) is 0 Å². The van der Waals surface area contributed by atoms with Gasteiger partial charge in [0.25, 0.3) is 0 Å². The van der Waals surface area contributed by atoms with Gasteiger partial charge in [0.1, 0.15) is 24.6 Å². The monoisotopic (exact) mass is 248 g/mol. The Kier molecular flexibility index (Phi) is 4.15. The van der Waals surface area contributed by atoms with Gasteiger partial charge in [-0.05, 0) is 24.6 Å². The summed E-state index contributed by atoms with van der Waals surface area (Å²) in [6.45, 7) is 1.97. The second-order valence-electron chi connectivity index (χ2n) is 4.04. The lowest BCUT2D eigenvalue weighted by Crippen LogP contribution is -2.26. The summed E-state index contributed by atoms with van der Waals surface area (Å²) in [4.78, 5) is 10.2. The molecular formula is C14H16O4. The summed E-state index contributed by atoms with van der Waals surface area (Å²) in [5.74, 6) is 0.174. The molecule has 0 unspecified atom stereocenters. The summed E-state index contributed by atoms with van der Waals surface area (Å²) in [5.41, 5.74) is 1.53. The average molecular weight is 248 g/mol. The first-order chi connectivity index (χ1) is 8.72. The van der Waals surface area contributed by atoms with Crippen LogP contribution in [-0.4, -0.2) is 22.4 Å². The highest BCUT2D eigenvalue weighted by atomic mass is 17.2. The zero-order valence-corrected chi connectivity index (χ0v) is 10.1. The first-order valence-electron chi connectivity index (χ1n) is 5.80. The van der Waals surface area contributed by atoms with Gasteiger partial charge in [-0.15, -0.1) is 0 Å². The molecule has 1 aromatic rings. The predicted molar refractivity (Wildman–Crippen MR) is 67.6 cm³/mol. The summed E-state index contributed by atoms with van der Waals surface area (Å²) >= 11 is 0. The maximum atomic E-state index is 9.80. The van der Waals surface area contributed by atoms with Crippen LogP contribution in [0.4, 0.5) is 0 Å². The number of aromatic hydroxyl groups is 1. The Morgan fingerprint density at radius 3 is 3.06 bits per heavy atom. The molecule has 1 aromatic carbocycles. The van der Waals surface area contributed by atoms with E-state index in [1.54, 1.807) is 30.4 Å². The molecule has 0 amide bonds. The summed E-state index contributed by atoms with van der Waals surface area (Å²) in [6, 6.07) is 5.24. The Balaban J connectivity index is 2.26. The van der Waals surface area contributed by atoms with Gasteiger partial charge in [-0.1, -0.05) is 30.4 Å². The van der Waals surface area contributed by atoms with E-state index >= 15 is 0 Å². The fraction of sp³-hybridized carbons (Fsp3) is 0.286. The van der Waals surface area contributed by atoms with Gasteiger partial charge in [-0.25, -0.2) is 9.78 Å². The molecule has 1 aliphatic rings. The van der Waals surface area contributed by atoms with Crippen molar-refractivity contribution in [1.29, 1.82) is 0 Å².